The van der Waals surface area contributed by atoms with Crippen molar-refractivity contribution in [1.82, 2.24) is 24.3 Å². The molecule has 5 heterocycles. The van der Waals surface area contributed by atoms with Gasteiger partial charge in [0.05, 0.1) is 24.5 Å². The zero-order chi connectivity index (χ0) is 33.3. The summed E-state index contributed by atoms with van der Waals surface area (Å²) in [5, 5.41) is 32.9. The molecule has 46 heavy (non-hydrogen) atoms. The van der Waals surface area contributed by atoms with E-state index in [0.29, 0.717) is 22.5 Å². The number of nitrogen functional groups attached to an aromatic ring is 1. The number of ether oxygens (including phenoxy) is 1. The molecule has 240 valence electrons. The number of carbonyl (C=O) groups is 7. The highest BCUT2D eigenvalue weighted by atomic mass is 32.1. The van der Waals surface area contributed by atoms with Crippen LogP contribution in [0.2, 0.25) is 0 Å². The number of nitrogens with two attached hydrogens (primary N) is 1. The number of pyridine rings is 1. The second-order valence-electron chi connectivity index (χ2n) is 10.5. The van der Waals surface area contributed by atoms with Gasteiger partial charge in [-0.3, -0.25) is 33.7 Å². The minimum atomic E-state index is -2.90. The predicted molar refractivity (Wildman–Crippen MR) is 142 cm³/mol. The number of aromatic amines is 1. The first-order valence-corrected chi connectivity index (χ1v) is 13.9. The number of oxime groups is 1. The molecule has 3 fully saturated rings. The number of ketones is 1. The molecule has 4 aliphatic rings. The van der Waals surface area contributed by atoms with Crippen molar-refractivity contribution in [3.8, 4) is 5.75 Å². The van der Waals surface area contributed by atoms with Crippen LogP contribution in [0.4, 0.5) is 5.13 Å². The van der Waals surface area contributed by atoms with Crippen LogP contribution in [0.3, 0.4) is 0 Å². The molecular formula is C24H19N7O14S. The molecule has 2 aromatic rings. The average Bonchev–Trinajstić information content (AvgIpc) is 3.21. The maximum atomic E-state index is 13.4. The van der Waals surface area contributed by atoms with Gasteiger partial charge in [-0.1, -0.05) is 5.16 Å². The maximum absolute atomic E-state index is 13.4. The first kappa shape index (κ1) is 30.3. The fourth-order valence-corrected chi connectivity index (χ4v) is 5.43. The largest absolute Gasteiger partial charge is 0.503 e. The van der Waals surface area contributed by atoms with E-state index in [0.717, 1.165) is 0 Å². The number of rotatable bonds is 10. The summed E-state index contributed by atoms with van der Waals surface area (Å²) in [5.74, 6) is -11.7. The van der Waals surface area contributed by atoms with Crippen LogP contribution in [0.5, 0.6) is 5.75 Å². The number of H-pyrrole nitrogens is 1. The van der Waals surface area contributed by atoms with Gasteiger partial charge in [0.25, 0.3) is 23.3 Å². The van der Waals surface area contributed by atoms with Crippen molar-refractivity contribution in [2.75, 3.05) is 12.3 Å². The number of imide groups is 1. The molecule has 2 unspecified atom stereocenters. The Bertz CT molecular complexity index is 1860. The lowest BCUT2D eigenvalue weighted by molar-refractivity contribution is -0.256. The van der Waals surface area contributed by atoms with Gasteiger partial charge in [-0.25, -0.2) is 14.4 Å². The Morgan fingerprint density at radius 2 is 1.87 bits per heavy atom. The second-order valence-corrected chi connectivity index (χ2v) is 11.3. The number of nitrogens with zero attached hydrogens (tertiary/aromatic N) is 5. The Labute approximate surface area is 257 Å². The van der Waals surface area contributed by atoms with Gasteiger partial charge in [0.1, 0.15) is 11.7 Å². The molecule has 0 aromatic carbocycles. The molecular weight excluding hydrogens is 642 g/mol. The highest BCUT2D eigenvalue weighted by Crippen LogP contribution is 2.41. The van der Waals surface area contributed by atoms with Gasteiger partial charge in [-0.05, 0) is 0 Å². The van der Waals surface area contributed by atoms with Crippen molar-refractivity contribution >= 4 is 63.8 Å². The number of hydroxylamine groups is 2. The van der Waals surface area contributed by atoms with E-state index >= 15 is 0 Å². The normalized spacial score (nSPS) is 25.1. The molecule has 1 saturated carbocycles. The van der Waals surface area contributed by atoms with E-state index in [1.165, 1.54) is 0 Å². The van der Waals surface area contributed by atoms with Crippen LogP contribution < -0.4 is 11.3 Å². The molecule has 6 rings (SSSR count). The van der Waals surface area contributed by atoms with Crippen molar-refractivity contribution in [2.45, 2.75) is 43.1 Å². The summed E-state index contributed by atoms with van der Waals surface area (Å²) in [6.07, 6.45) is -1.49. The van der Waals surface area contributed by atoms with E-state index in [1.54, 1.807) is 0 Å². The number of carboxylic acids is 2. The first-order chi connectivity index (χ1) is 21.7. The second kappa shape index (κ2) is 10.4. The Balaban J connectivity index is 1.22. The van der Waals surface area contributed by atoms with E-state index in [2.05, 4.69) is 14.5 Å². The number of aromatic nitrogens is 3. The molecule has 22 heteroatoms. The van der Waals surface area contributed by atoms with Crippen molar-refractivity contribution in [1.29, 1.82) is 0 Å². The van der Waals surface area contributed by atoms with Crippen LogP contribution in [0.15, 0.2) is 16.0 Å². The number of aromatic hydroxyl groups is 1. The number of amides is 3. The number of aliphatic carboxylic acids is 2. The fraction of sp³-hybridized carbons (Fsp3) is 0.375. The van der Waals surface area contributed by atoms with Gasteiger partial charge in [-0.2, -0.15) is 14.4 Å². The summed E-state index contributed by atoms with van der Waals surface area (Å²) >= 11 is 0.693. The highest BCUT2D eigenvalue weighted by Gasteiger charge is 2.65. The number of esters is 1. The van der Waals surface area contributed by atoms with Gasteiger partial charge >= 0.3 is 23.6 Å². The number of carbonyl (C=O) groups excluding carboxylic acids is 5. The Morgan fingerprint density at radius 3 is 2.48 bits per heavy atom. The fourth-order valence-electron chi connectivity index (χ4n) is 5.00. The standard InChI is InChI=1S/C24H19N7O14S/c25-22-27-14(29-46-22)13(28-45-23(1-2-23)20(39)40)10(32)3-7-6-43-31(16(7)35)24(21(41)42)5-9(19(38)44-24)30-17(36)8-4-11(33)15(34)26-12(8)18(30)37/h4,7,9,33H,1-3,5-6H2,(H,26,34)(H,39,40)(H,41,42)(H2,25,27,29)/b28-13+/t7-,9?,24?/m0/s1. The van der Waals surface area contributed by atoms with Crippen LogP contribution in [0.25, 0.3) is 0 Å². The summed E-state index contributed by atoms with van der Waals surface area (Å²) < 4.78 is 8.94. The predicted octanol–water partition coefficient (Wildman–Crippen LogP) is -2.41. The number of carboxylic acid groups (broad SMARTS) is 2. The zero-order valence-corrected chi connectivity index (χ0v) is 23.6. The number of Topliss-reactive ketones (excluding diaryl/α,β-unsaturated/α-hetero) is 1. The molecule has 1 aliphatic carbocycles. The number of hydrogen-bond donors (Lipinski definition) is 5. The van der Waals surface area contributed by atoms with E-state index in [9.17, 15) is 53.7 Å². The quantitative estimate of drug-likeness (QED) is 0.0766. The molecule has 3 aliphatic heterocycles. The van der Waals surface area contributed by atoms with Gasteiger partial charge in [0.2, 0.25) is 11.4 Å². The lowest BCUT2D eigenvalue weighted by Gasteiger charge is -2.31. The molecule has 21 nitrogen and oxygen atoms in total. The van der Waals surface area contributed by atoms with Gasteiger partial charge < -0.3 is 35.6 Å². The smallest absolute Gasteiger partial charge is 0.372 e. The van der Waals surface area contributed by atoms with Crippen molar-refractivity contribution in [3.05, 3.63) is 33.5 Å². The number of hydrogen-bond acceptors (Lipinski definition) is 17. The summed E-state index contributed by atoms with van der Waals surface area (Å²) in [6, 6.07) is -1.20. The summed E-state index contributed by atoms with van der Waals surface area (Å²) in [7, 11) is 0. The molecule has 2 aromatic heterocycles. The summed E-state index contributed by atoms with van der Waals surface area (Å²) in [6.45, 7) is -0.602. The van der Waals surface area contributed by atoms with Crippen LogP contribution in [0, 0.1) is 5.92 Å². The van der Waals surface area contributed by atoms with E-state index in [1.807, 2.05) is 4.98 Å². The number of nitrogens with one attached hydrogen (secondary N) is 1. The Kier molecular flexibility index (Phi) is 6.85. The molecule has 0 bridgehead atoms. The molecule has 3 amide bonds. The van der Waals surface area contributed by atoms with Gasteiger partial charge in [-0.15, -0.1) is 0 Å². The van der Waals surface area contributed by atoms with Crippen LogP contribution in [-0.4, -0.2) is 111 Å². The molecule has 0 radical (unpaired) electrons. The van der Waals surface area contributed by atoms with Crippen molar-refractivity contribution in [3.63, 3.8) is 0 Å². The van der Waals surface area contributed by atoms with Crippen LogP contribution in [-0.2, 0) is 38.4 Å². The summed E-state index contributed by atoms with van der Waals surface area (Å²) in [4.78, 5) is 118. The number of anilines is 1. The molecule has 0 spiro atoms. The van der Waals surface area contributed by atoms with Crippen LogP contribution >= 0.6 is 11.5 Å². The molecule has 6 N–H and O–H groups in total. The lowest BCUT2D eigenvalue weighted by Crippen LogP contribution is -2.56. The number of fused-ring (bicyclic) bond motifs is 1. The van der Waals surface area contributed by atoms with E-state index in [4.69, 9.17) is 20.1 Å². The highest BCUT2D eigenvalue weighted by molar-refractivity contribution is 7.09. The van der Waals surface area contributed by atoms with Crippen LogP contribution in [0.1, 0.15) is 52.4 Å². The third-order valence-corrected chi connectivity index (χ3v) is 8.14. The maximum Gasteiger partial charge on any atom is 0.372 e. The topological polar surface area (TPSA) is 311 Å². The van der Waals surface area contributed by atoms with E-state index < -0.39 is 112 Å². The lowest BCUT2D eigenvalue weighted by atomic mass is 9.98. The minimum absolute atomic E-state index is 0.0662. The average molecular weight is 662 g/mol. The molecule has 3 atom stereocenters. The number of cyclic esters (lactones) is 1. The molecule has 2 saturated heterocycles. The zero-order valence-electron chi connectivity index (χ0n) is 22.8. The first-order valence-electron chi connectivity index (χ1n) is 13.1. The third-order valence-electron chi connectivity index (χ3n) is 7.60. The van der Waals surface area contributed by atoms with Crippen molar-refractivity contribution in [2.24, 2.45) is 11.1 Å². The van der Waals surface area contributed by atoms with Gasteiger partial charge in [0.15, 0.2) is 22.4 Å². The third kappa shape index (κ3) is 4.61. The van der Waals surface area contributed by atoms with Gasteiger partial charge in [0, 0.05) is 36.9 Å². The SMILES string of the molecule is Nc1nc(/C(=N/OC2(C(=O)O)CC2)C(=O)C[C@H]2CON(C3(C(=O)O)CC(N4C(=O)c5cc(O)c(=O)[nH]c5C4=O)C(=O)O3)C2=O)ns1. The van der Waals surface area contributed by atoms with Crippen molar-refractivity contribution < 1.29 is 63.3 Å². The monoisotopic (exact) mass is 661 g/mol. The minimum Gasteiger partial charge on any atom is -0.503 e. The Morgan fingerprint density at radius 1 is 1.15 bits per heavy atom. The van der Waals surface area contributed by atoms with E-state index in [-0.39, 0.29) is 28.9 Å². The summed E-state index contributed by atoms with van der Waals surface area (Å²) in [5.41, 5.74) is -1.65. The Hall–Kier alpha value is -5.77.